The molecule has 11 heteroatoms. The third-order valence-electron chi connectivity index (χ3n) is 2.91. The minimum absolute atomic E-state index is 0.0609. The maximum atomic E-state index is 11.9. The van der Waals surface area contributed by atoms with E-state index in [1.54, 1.807) is 0 Å². The first-order valence-corrected chi connectivity index (χ1v) is 6.72. The summed E-state index contributed by atoms with van der Waals surface area (Å²) in [6.45, 7) is 5.62. The van der Waals surface area contributed by atoms with Gasteiger partial charge in [-0.1, -0.05) is 0 Å². The average molecular weight is 336 g/mol. The third-order valence-corrected chi connectivity index (χ3v) is 2.91. The smallest absolute Gasteiger partial charge is 0.262 e. The van der Waals surface area contributed by atoms with Gasteiger partial charge in [0.1, 0.15) is 12.6 Å². The molecule has 1 aliphatic rings. The predicted octanol–water partition coefficient (Wildman–Crippen LogP) is -2.36. The Bertz CT molecular complexity index is 596. The Morgan fingerprint density at radius 3 is 2.17 bits per heavy atom. The molecule has 0 saturated carbocycles. The van der Waals surface area contributed by atoms with Crippen LogP contribution in [0.25, 0.3) is 0 Å². The standard InChI is InChI=1S/C13H16N6O5/c1-14-17-9(20)4-3-8(13(24)18-15-2)16-10(21)7-19-11(22)5-6-12(19)23/h5-6,8H,1-4,7H2,(H,16,21)(H,17,20)(H,18,24). The number of nitrogens with one attached hydrogen (secondary N) is 3. The molecule has 0 fully saturated rings. The van der Waals surface area contributed by atoms with Crippen molar-refractivity contribution in [1.82, 2.24) is 21.1 Å². The molecule has 0 aliphatic carbocycles. The van der Waals surface area contributed by atoms with Gasteiger partial charge in [0.2, 0.25) is 11.8 Å². The molecule has 1 rings (SSSR count). The summed E-state index contributed by atoms with van der Waals surface area (Å²) in [5.41, 5.74) is 4.14. The van der Waals surface area contributed by atoms with Crippen LogP contribution in [0.2, 0.25) is 0 Å². The maximum absolute atomic E-state index is 11.9. The molecule has 1 heterocycles. The summed E-state index contributed by atoms with van der Waals surface area (Å²) >= 11 is 0. The van der Waals surface area contributed by atoms with Crippen LogP contribution >= 0.6 is 0 Å². The zero-order valence-electron chi connectivity index (χ0n) is 12.7. The van der Waals surface area contributed by atoms with Crippen molar-refractivity contribution in [3.8, 4) is 0 Å². The van der Waals surface area contributed by atoms with Gasteiger partial charge < -0.3 is 5.32 Å². The van der Waals surface area contributed by atoms with Crippen molar-refractivity contribution in [2.24, 2.45) is 10.2 Å². The molecule has 3 N–H and O–H groups in total. The fourth-order valence-corrected chi connectivity index (χ4v) is 1.81. The molecule has 0 spiro atoms. The highest BCUT2D eigenvalue weighted by atomic mass is 16.2. The van der Waals surface area contributed by atoms with E-state index in [1.807, 2.05) is 0 Å². The van der Waals surface area contributed by atoms with Gasteiger partial charge in [0.05, 0.1) is 0 Å². The minimum Gasteiger partial charge on any atom is -0.343 e. The summed E-state index contributed by atoms with van der Waals surface area (Å²) in [7, 11) is 0. The van der Waals surface area contributed by atoms with Crippen LogP contribution in [-0.4, -0.2) is 60.5 Å². The summed E-state index contributed by atoms with van der Waals surface area (Å²) in [6.07, 6.45) is 1.88. The molecule has 1 aliphatic heterocycles. The van der Waals surface area contributed by atoms with Gasteiger partial charge in [-0.3, -0.25) is 28.9 Å². The quantitative estimate of drug-likeness (QED) is 0.244. The van der Waals surface area contributed by atoms with Crippen LogP contribution in [0.4, 0.5) is 0 Å². The molecule has 0 aromatic rings. The van der Waals surface area contributed by atoms with Crippen molar-refractivity contribution in [3.05, 3.63) is 12.2 Å². The molecule has 0 aromatic heterocycles. The molecular weight excluding hydrogens is 320 g/mol. The van der Waals surface area contributed by atoms with Gasteiger partial charge >= 0.3 is 0 Å². The van der Waals surface area contributed by atoms with Crippen molar-refractivity contribution in [1.29, 1.82) is 0 Å². The van der Waals surface area contributed by atoms with Crippen molar-refractivity contribution in [2.45, 2.75) is 18.9 Å². The summed E-state index contributed by atoms with van der Waals surface area (Å²) in [6, 6.07) is -1.11. The normalized spacial score (nSPS) is 14.1. The first-order valence-electron chi connectivity index (χ1n) is 6.72. The van der Waals surface area contributed by atoms with E-state index in [-0.39, 0.29) is 12.8 Å². The van der Waals surface area contributed by atoms with E-state index in [0.29, 0.717) is 4.90 Å². The number of carbonyl (C=O) groups excluding carboxylic acids is 5. The Kier molecular flexibility index (Phi) is 6.95. The summed E-state index contributed by atoms with van der Waals surface area (Å²) in [5.74, 6) is -3.19. The molecule has 0 bridgehead atoms. The Morgan fingerprint density at radius 1 is 1.04 bits per heavy atom. The van der Waals surface area contributed by atoms with Gasteiger partial charge in [0, 0.05) is 32.0 Å². The fraction of sp³-hybridized carbons (Fsp3) is 0.308. The van der Waals surface area contributed by atoms with Crippen molar-refractivity contribution < 1.29 is 24.0 Å². The zero-order chi connectivity index (χ0) is 18.1. The third kappa shape index (κ3) is 5.44. The molecule has 1 unspecified atom stereocenters. The second-order valence-corrected chi connectivity index (χ2v) is 4.58. The van der Waals surface area contributed by atoms with Gasteiger partial charge in [0.25, 0.3) is 17.7 Å². The highest BCUT2D eigenvalue weighted by Crippen LogP contribution is 2.04. The molecular formula is C13H16N6O5. The topological polar surface area (TPSA) is 149 Å². The largest absolute Gasteiger partial charge is 0.343 e. The Balaban J connectivity index is 2.64. The first kappa shape index (κ1) is 18.7. The fourth-order valence-electron chi connectivity index (χ4n) is 1.81. The number of rotatable bonds is 9. The van der Waals surface area contributed by atoms with Gasteiger partial charge in [-0.2, -0.15) is 10.2 Å². The monoisotopic (exact) mass is 336 g/mol. The van der Waals surface area contributed by atoms with Crippen LogP contribution < -0.4 is 16.2 Å². The van der Waals surface area contributed by atoms with Crippen molar-refractivity contribution in [3.63, 3.8) is 0 Å². The van der Waals surface area contributed by atoms with E-state index >= 15 is 0 Å². The van der Waals surface area contributed by atoms with Crippen LogP contribution in [0.3, 0.4) is 0 Å². The lowest BCUT2D eigenvalue weighted by molar-refractivity contribution is -0.141. The zero-order valence-corrected chi connectivity index (χ0v) is 12.7. The number of hydrogen-bond acceptors (Lipinski definition) is 7. The Labute approximate surface area is 136 Å². The minimum atomic E-state index is -1.11. The molecule has 0 aromatic carbocycles. The van der Waals surface area contributed by atoms with E-state index in [1.165, 1.54) is 0 Å². The number of amides is 5. The van der Waals surface area contributed by atoms with E-state index in [0.717, 1.165) is 12.2 Å². The van der Waals surface area contributed by atoms with Crippen LogP contribution in [0.1, 0.15) is 12.8 Å². The van der Waals surface area contributed by atoms with Crippen LogP contribution in [0.15, 0.2) is 22.4 Å². The molecule has 5 amide bonds. The summed E-state index contributed by atoms with van der Waals surface area (Å²) in [4.78, 5) is 58.6. The van der Waals surface area contributed by atoms with Crippen molar-refractivity contribution in [2.75, 3.05) is 6.54 Å². The van der Waals surface area contributed by atoms with Crippen LogP contribution in [0.5, 0.6) is 0 Å². The number of nitrogens with zero attached hydrogens (tertiary/aromatic N) is 3. The lowest BCUT2D eigenvalue weighted by Crippen LogP contribution is -2.49. The molecule has 1 atom stereocenters. The lowest BCUT2D eigenvalue weighted by Gasteiger charge is -2.19. The molecule has 0 saturated heterocycles. The molecule has 0 radical (unpaired) electrons. The van der Waals surface area contributed by atoms with Crippen LogP contribution in [-0.2, 0) is 24.0 Å². The molecule has 24 heavy (non-hydrogen) atoms. The van der Waals surface area contributed by atoms with Gasteiger partial charge in [-0.15, -0.1) is 0 Å². The van der Waals surface area contributed by atoms with Gasteiger partial charge in [0.15, 0.2) is 0 Å². The van der Waals surface area contributed by atoms with Gasteiger partial charge in [-0.05, 0) is 6.42 Å². The summed E-state index contributed by atoms with van der Waals surface area (Å²) in [5, 5.41) is 8.71. The van der Waals surface area contributed by atoms with Crippen LogP contribution in [0, 0.1) is 0 Å². The average Bonchev–Trinajstić information content (AvgIpc) is 2.83. The van der Waals surface area contributed by atoms with E-state index in [4.69, 9.17) is 0 Å². The molecule has 11 nitrogen and oxygen atoms in total. The highest BCUT2D eigenvalue weighted by molar-refractivity contribution is 6.14. The number of carbonyl (C=O) groups is 5. The number of imide groups is 1. The number of hydrogen-bond donors (Lipinski definition) is 3. The van der Waals surface area contributed by atoms with E-state index in [2.05, 4.69) is 39.8 Å². The van der Waals surface area contributed by atoms with E-state index in [9.17, 15) is 24.0 Å². The summed E-state index contributed by atoms with van der Waals surface area (Å²) < 4.78 is 0. The molecule has 128 valence electrons. The SMILES string of the molecule is C=NNC(=O)CCC(NC(=O)CN1C(=O)C=CC1=O)C(=O)NN=C. The lowest BCUT2D eigenvalue weighted by atomic mass is 10.1. The predicted molar refractivity (Wildman–Crippen MR) is 82.4 cm³/mol. The Hall–Kier alpha value is -3.37. The highest BCUT2D eigenvalue weighted by Gasteiger charge is 2.28. The Morgan fingerprint density at radius 2 is 1.62 bits per heavy atom. The second kappa shape index (κ2) is 8.92. The maximum Gasteiger partial charge on any atom is 0.262 e. The first-order chi connectivity index (χ1) is 11.4. The van der Waals surface area contributed by atoms with Crippen molar-refractivity contribution >= 4 is 43.0 Å². The van der Waals surface area contributed by atoms with E-state index < -0.39 is 42.1 Å². The van der Waals surface area contributed by atoms with Gasteiger partial charge in [-0.25, -0.2) is 10.9 Å². The number of hydrazone groups is 2. The second-order valence-electron chi connectivity index (χ2n) is 4.58.